The van der Waals surface area contributed by atoms with Crippen LogP contribution in [-0.2, 0) is 20.9 Å². The number of carbonyl (C=O) groups is 3. The van der Waals surface area contributed by atoms with Gasteiger partial charge in [-0.1, -0.05) is 30.3 Å². The number of hydrogen-bond donors (Lipinski definition) is 3. The number of carboxylic acid groups (broad SMARTS) is 1. The van der Waals surface area contributed by atoms with E-state index in [4.69, 9.17) is 9.84 Å². The van der Waals surface area contributed by atoms with E-state index in [9.17, 15) is 14.4 Å². The Kier molecular flexibility index (Phi) is 8.59. The average molecular weight is 340 g/mol. The minimum absolute atomic E-state index is 0.0959. The van der Waals surface area contributed by atoms with Crippen LogP contribution < -0.4 is 10.6 Å². The highest BCUT2D eigenvalue weighted by Gasteiger charge is 2.21. The van der Waals surface area contributed by atoms with Crippen LogP contribution in [0.25, 0.3) is 0 Å². The molecule has 0 aromatic heterocycles. The largest absolute Gasteiger partial charge is 0.480 e. The van der Waals surface area contributed by atoms with Gasteiger partial charge in [0.25, 0.3) is 0 Å². The van der Waals surface area contributed by atoms with E-state index in [2.05, 4.69) is 10.6 Å². The predicted molar refractivity (Wildman–Crippen MR) is 87.2 cm³/mol. The monoisotopic (exact) mass is 340 g/mol. The molecule has 0 bridgehead atoms. The lowest BCUT2D eigenvalue weighted by molar-refractivity contribution is -0.138. The number of hydrogen-bond acceptors (Lipinski definition) is 5. The number of aliphatic carboxylic acids is 1. The van der Waals surface area contributed by atoms with Gasteiger partial charge in [-0.2, -0.15) is 11.8 Å². The van der Waals surface area contributed by atoms with E-state index in [0.717, 1.165) is 5.56 Å². The van der Waals surface area contributed by atoms with Gasteiger partial charge in [-0.3, -0.25) is 9.59 Å². The maximum absolute atomic E-state index is 11.9. The van der Waals surface area contributed by atoms with Crippen molar-refractivity contribution in [2.75, 3.05) is 18.6 Å². The number of carboxylic acids is 1. The molecule has 0 aliphatic rings. The van der Waals surface area contributed by atoms with Crippen LogP contribution in [0, 0.1) is 0 Å². The summed E-state index contributed by atoms with van der Waals surface area (Å²) in [4.78, 5) is 34.2. The summed E-state index contributed by atoms with van der Waals surface area (Å²) in [6.07, 6.45) is 1.54. The highest BCUT2D eigenvalue weighted by atomic mass is 32.2. The lowest BCUT2D eigenvalue weighted by Crippen LogP contribution is -2.48. The van der Waals surface area contributed by atoms with E-state index in [0.29, 0.717) is 12.2 Å². The third-order valence-electron chi connectivity index (χ3n) is 2.85. The number of ether oxygens (including phenoxy) is 1. The Hall–Kier alpha value is -2.22. The standard InChI is InChI=1S/C15H20N2O5S/c1-23-8-7-12(14(20)16-9-13(18)19)17-15(21)22-10-11-5-3-2-4-6-11/h2-6,12H,7-10H2,1H3,(H,16,20)(H,17,21)(H,18,19)/t12-/m0/s1. The van der Waals surface area contributed by atoms with Gasteiger partial charge in [-0.05, 0) is 24.0 Å². The second-order valence-corrected chi connectivity index (χ2v) is 5.64. The van der Waals surface area contributed by atoms with Crippen LogP contribution in [0.2, 0.25) is 0 Å². The summed E-state index contributed by atoms with van der Waals surface area (Å²) in [5, 5.41) is 13.3. The molecule has 0 saturated heterocycles. The molecule has 8 heteroatoms. The maximum Gasteiger partial charge on any atom is 0.408 e. The first-order chi connectivity index (χ1) is 11.0. The Labute approximate surface area is 138 Å². The molecule has 1 aromatic carbocycles. The molecule has 3 N–H and O–H groups in total. The molecule has 1 rings (SSSR count). The van der Waals surface area contributed by atoms with Crippen LogP contribution in [0.4, 0.5) is 4.79 Å². The zero-order valence-corrected chi connectivity index (χ0v) is 13.6. The SMILES string of the molecule is CSCC[C@H](NC(=O)OCc1ccccc1)C(=O)NCC(=O)O. The average Bonchev–Trinajstić information content (AvgIpc) is 2.55. The van der Waals surface area contributed by atoms with Crippen molar-refractivity contribution in [1.82, 2.24) is 10.6 Å². The summed E-state index contributed by atoms with van der Waals surface area (Å²) in [7, 11) is 0. The van der Waals surface area contributed by atoms with Crippen molar-refractivity contribution < 1.29 is 24.2 Å². The van der Waals surface area contributed by atoms with Crippen molar-refractivity contribution in [3.8, 4) is 0 Å². The normalized spacial score (nSPS) is 11.3. The van der Waals surface area contributed by atoms with Gasteiger partial charge in [0.2, 0.25) is 5.91 Å². The van der Waals surface area contributed by atoms with Gasteiger partial charge in [-0.25, -0.2) is 4.79 Å². The van der Waals surface area contributed by atoms with Crippen LogP contribution in [-0.4, -0.2) is 47.7 Å². The van der Waals surface area contributed by atoms with Gasteiger partial charge in [0.15, 0.2) is 0 Å². The minimum atomic E-state index is -1.14. The van der Waals surface area contributed by atoms with Crippen LogP contribution in [0.1, 0.15) is 12.0 Å². The molecule has 0 aliphatic heterocycles. The number of rotatable bonds is 9. The molecule has 1 atom stereocenters. The first-order valence-electron chi connectivity index (χ1n) is 6.98. The molecular weight excluding hydrogens is 320 g/mol. The Morgan fingerprint density at radius 1 is 1.26 bits per heavy atom. The van der Waals surface area contributed by atoms with Crippen molar-refractivity contribution in [2.24, 2.45) is 0 Å². The maximum atomic E-state index is 11.9. The van der Waals surface area contributed by atoms with E-state index < -0.39 is 30.6 Å². The van der Waals surface area contributed by atoms with E-state index in [1.807, 2.05) is 36.6 Å². The Bertz CT molecular complexity index is 524. The Morgan fingerprint density at radius 3 is 2.57 bits per heavy atom. The number of benzene rings is 1. The third-order valence-corrected chi connectivity index (χ3v) is 3.49. The highest BCUT2D eigenvalue weighted by Crippen LogP contribution is 2.04. The predicted octanol–water partition coefficient (Wildman–Crippen LogP) is 1.24. The molecule has 2 amide bonds. The summed E-state index contributed by atoms with van der Waals surface area (Å²) < 4.78 is 5.06. The lowest BCUT2D eigenvalue weighted by Gasteiger charge is -2.17. The smallest absolute Gasteiger partial charge is 0.408 e. The van der Waals surface area contributed by atoms with Gasteiger partial charge in [-0.15, -0.1) is 0 Å². The summed E-state index contributed by atoms with van der Waals surface area (Å²) in [5.74, 6) is -1.05. The number of nitrogens with one attached hydrogen (secondary N) is 2. The van der Waals surface area contributed by atoms with Crippen LogP contribution in [0.3, 0.4) is 0 Å². The fraction of sp³-hybridized carbons (Fsp3) is 0.400. The van der Waals surface area contributed by atoms with Crippen molar-refractivity contribution in [1.29, 1.82) is 0 Å². The molecule has 7 nitrogen and oxygen atoms in total. The molecule has 0 radical (unpaired) electrons. The van der Waals surface area contributed by atoms with Crippen molar-refractivity contribution in [3.63, 3.8) is 0 Å². The van der Waals surface area contributed by atoms with Gasteiger partial charge in [0.05, 0.1) is 0 Å². The van der Waals surface area contributed by atoms with Crippen LogP contribution >= 0.6 is 11.8 Å². The number of thioether (sulfide) groups is 1. The second-order valence-electron chi connectivity index (χ2n) is 4.65. The zero-order chi connectivity index (χ0) is 17.1. The molecule has 0 aliphatic carbocycles. The summed E-state index contributed by atoms with van der Waals surface area (Å²) >= 11 is 1.52. The lowest BCUT2D eigenvalue weighted by atomic mass is 10.2. The Morgan fingerprint density at radius 2 is 1.96 bits per heavy atom. The first-order valence-corrected chi connectivity index (χ1v) is 8.38. The molecule has 0 heterocycles. The second kappa shape index (κ2) is 10.5. The van der Waals surface area contributed by atoms with Crippen molar-refractivity contribution in [3.05, 3.63) is 35.9 Å². The van der Waals surface area contributed by atoms with Gasteiger partial charge < -0.3 is 20.5 Å². The molecule has 0 fully saturated rings. The zero-order valence-electron chi connectivity index (χ0n) is 12.8. The summed E-state index contributed by atoms with van der Waals surface area (Å²) in [6.45, 7) is -0.395. The first kappa shape index (κ1) is 18.8. The molecular formula is C15H20N2O5S. The van der Waals surface area contributed by atoms with Crippen LogP contribution in [0.15, 0.2) is 30.3 Å². The molecule has 0 saturated carbocycles. The number of alkyl carbamates (subject to hydrolysis) is 1. The van der Waals surface area contributed by atoms with Crippen molar-refractivity contribution >= 4 is 29.7 Å². The molecule has 23 heavy (non-hydrogen) atoms. The Balaban J connectivity index is 2.49. The van der Waals surface area contributed by atoms with Crippen molar-refractivity contribution in [2.45, 2.75) is 19.1 Å². The topological polar surface area (TPSA) is 105 Å². The fourth-order valence-corrected chi connectivity index (χ4v) is 2.17. The quantitative estimate of drug-likeness (QED) is 0.625. The van der Waals surface area contributed by atoms with E-state index in [1.54, 1.807) is 0 Å². The van der Waals surface area contributed by atoms with Gasteiger partial charge in [0.1, 0.15) is 19.2 Å². The number of carbonyl (C=O) groups excluding carboxylic acids is 2. The van der Waals surface area contributed by atoms with E-state index in [1.165, 1.54) is 11.8 Å². The van der Waals surface area contributed by atoms with Gasteiger partial charge >= 0.3 is 12.1 Å². The third kappa shape index (κ3) is 8.10. The fourth-order valence-electron chi connectivity index (χ4n) is 1.70. The molecule has 0 spiro atoms. The summed E-state index contributed by atoms with van der Waals surface area (Å²) in [5.41, 5.74) is 0.832. The van der Waals surface area contributed by atoms with E-state index in [-0.39, 0.29) is 6.61 Å². The molecule has 126 valence electrons. The van der Waals surface area contributed by atoms with Crippen LogP contribution in [0.5, 0.6) is 0 Å². The number of amides is 2. The molecule has 1 aromatic rings. The van der Waals surface area contributed by atoms with E-state index >= 15 is 0 Å². The molecule has 0 unspecified atom stereocenters. The van der Waals surface area contributed by atoms with Gasteiger partial charge in [0, 0.05) is 0 Å². The minimum Gasteiger partial charge on any atom is -0.480 e. The summed E-state index contributed by atoms with van der Waals surface area (Å²) in [6, 6.07) is 8.32. The highest BCUT2D eigenvalue weighted by molar-refractivity contribution is 7.98.